The largest absolute Gasteiger partial charge is 0.493 e. The maximum atomic E-state index is 11.4. The van der Waals surface area contributed by atoms with E-state index in [0.29, 0.717) is 18.1 Å². The number of hydrogen-bond acceptors (Lipinski definition) is 3. The van der Waals surface area contributed by atoms with Crippen LogP contribution in [-0.4, -0.2) is 17.7 Å². The van der Waals surface area contributed by atoms with Crippen molar-refractivity contribution in [2.24, 2.45) is 0 Å². The van der Waals surface area contributed by atoms with E-state index in [2.05, 4.69) is 35.0 Å². The normalized spacial score (nSPS) is 15.9. The SMILES string of the molecule is O=C(O)c1ccccc1CC[C@H]1CCOc2cc(-c3ccsc3)ccc21. The maximum absolute atomic E-state index is 11.4. The summed E-state index contributed by atoms with van der Waals surface area (Å²) >= 11 is 1.69. The number of fused-ring (bicyclic) bond motifs is 1. The van der Waals surface area contributed by atoms with Crippen LogP contribution in [0.1, 0.15) is 40.2 Å². The molecule has 2 aromatic carbocycles. The Kier molecular flexibility index (Phi) is 4.76. The van der Waals surface area contributed by atoms with Gasteiger partial charge < -0.3 is 9.84 Å². The fourth-order valence-corrected chi connectivity index (χ4v) is 4.31. The highest BCUT2D eigenvalue weighted by Crippen LogP contribution is 2.39. The first-order valence-corrected chi connectivity index (χ1v) is 9.77. The molecule has 1 atom stereocenters. The minimum Gasteiger partial charge on any atom is -0.493 e. The summed E-state index contributed by atoms with van der Waals surface area (Å²) in [5.41, 5.74) is 4.96. The second-order valence-electron chi connectivity index (χ2n) is 6.60. The van der Waals surface area contributed by atoms with Crippen LogP contribution < -0.4 is 4.74 Å². The Morgan fingerprint density at radius 3 is 2.85 bits per heavy atom. The molecule has 0 amide bonds. The molecule has 2 heterocycles. The van der Waals surface area contributed by atoms with E-state index >= 15 is 0 Å². The fraction of sp³-hybridized carbons (Fsp3) is 0.227. The standard InChI is InChI=1S/C22H20O3S/c23-22(24)20-4-2-1-3-15(20)5-6-16-9-11-25-21-13-17(7-8-19(16)21)18-10-12-26-14-18/h1-4,7-8,10,12-14,16H,5-6,9,11H2,(H,23,24)/t16-/m0/s1. The van der Waals surface area contributed by atoms with Gasteiger partial charge in [0, 0.05) is 0 Å². The lowest BCUT2D eigenvalue weighted by molar-refractivity contribution is 0.0695. The summed E-state index contributed by atoms with van der Waals surface area (Å²) < 4.78 is 5.92. The smallest absolute Gasteiger partial charge is 0.335 e. The zero-order chi connectivity index (χ0) is 17.9. The predicted molar refractivity (Wildman–Crippen MR) is 104 cm³/mol. The number of ether oxygens (including phenoxy) is 1. The zero-order valence-electron chi connectivity index (χ0n) is 14.4. The van der Waals surface area contributed by atoms with Crippen LogP contribution >= 0.6 is 11.3 Å². The van der Waals surface area contributed by atoms with Gasteiger partial charge in [-0.3, -0.25) is 0 Å². The molecule has 1 aliphatic heterocycles. The molecule has 26 heavy (non-hydrogen) atoms. The third-order valence-corrected chi connectivity index (χ3v) is 5.72. The van der Waals surface area contributed by atoms with Gasteiger partial charge in [-0.25, -0.2) is 4.79 Å². The van der Waals surface area contributed by atoms with Crippen LogP contribution in [-0.2, 0) is 6.42 Å². The second kappa shape index (κ2) is 7.34. The van der Waals surface area contributed by atoms with E-state index in [1.807, 2.05) is 12.1 Å². The van der Waals surface area contributed by atoms with E-state index in [4.69, 9.17) is 4.74 Å². The minimum atomic E-state index is -0.853. The van der Waals surface area contributed by atoms with Crippen LogP contribution in [0.2, 0.25) is 0 Å². The Labute approximate surface area is 156 Å². The summed E-state index contributed by atoms with van der Waals surface area (Å²) in [6.45, 7) is 0.714. The van der Waals surface area contributed by atoms with Gasteiger partial charge in [-0.15, -0.1) is 0 Å². The second-order valence-corrected chi connectivity index (χ2v) is 7.38. The van der Waals surface area contributed by atoms with Crippen molar-refractivity contribution >= 4 is 17.3 Å². The minimum absolute atomic E-state index is 0.400. The van der Waals surface area contributed by atoms with E-state index in [-0.39, 0.29) is 0 Å². The van der Waals surface area contributed by atoms with Gasteiger partial charge in [0.1, 0.15) is 5.75 Å². The maximum Gasteiger partial charge on any atom is 0.335 e. The van der Waals surface area contributed by atoms with Gasteiger partial charge in [0.05, 0.1) is 12.2 Å². The molecule has 0 unspecified atom stereocenters. The van der Waals surface area contributed by atoms with Gasteiger partial charge in [-0.2, -0.15) is 11.3 Å². The Morgan fingerprint density at radius 1 is 1.15 bits per heavy atom. The number of benzene rings is 2. The summed E-state index contributed by atoms with van der Waals surface area (Å²) in [6, 6.07) is 15.9. The molecule has 1 aliphatic rings. The molecule has 3 aromatic rings. The van der Waals surface area contributed by atoms with Crippen LogP contribution in [0.5, 0.6) is 5.75 Å². The van der Waals surface area contributed by atoms with Crippen LogP contribution in [0.4, 0.5) is 0 Å². The number of carboxylic acid groups (broad SMARTS) is 1. The van der Waals surface area contributed by atoms with Crippen LogP contribution in [0.25, 0.3) is 11.1 Å². The number of rotatable bonds is 5. The quantitative estimate of drug-likeness (QED) is 0.640. The van der Waals surface area contributed by atoms with Gasteiger partial charge in [-0.1, -0.05) is 30.3 Å². The van der Waals surface area contributed by atoms with Gasteiger partial charge >= 0.3 is 5.97 Å². The highest BCUT2D eigenvalue weighted by Gasteiger charge is 2.22. The molecule has 0 fully saturated rings. The summed E-state index contributed by atoms with van der Waals surface area (Å²) in [6.07, 6.45) is 2.66. The number of aromatic carboxylic acids is 1. The number of carbonyl (C=O) groups is 1. The highest BCUT2D eigenvalue weighted by molar-refractivity contribution is 7.08. The molecule has 4 rings (SSSR count). The van der Waals surface area contributed by atoms with Gasteiger partial charge in [0.2, 0.25) is 0 Å². The number of hydrogen-bond donors (Lipinski definition) is 1. The molecule has 1 aromatic heterocycles. The van der Waals surface area contributed by atoms with E-state index in [0.717, 1.165) is 30.6 Å². The topological polar surface area (TPSA) is 46.5 Å². The molecule has 0 radical (unpaired) electrons. The first-order valence-electron chi connectivity index (χ1n) is 8.83. The molecule has 132 valence electrons. The summed E-state index contributed by atoms with van der Waals surface area (Å²) in [5.74, 6) is 0.516. The molecule has 0 saturated carbocycles. The van der Waals surface area contributed by atoms with Crippen molar-refractivity contribution in [2.45, 2.75) is 25.2 Å². The lowest BCUT2D eigenvalue weighted by Crippen LogP contribution is -2.15. The molecule has 3 nitrogen and oxygen atoms in total. The number of aryl methyl sites for hydroxylation is 1. The number of carboxylic acids is 1. The van der Waals surface area contributed by atoms with Crippen molar-refractivity contribution in [3.8, 4) is 16.9 Å². The van der Waals surface area contributed by atoms with Crippen molar-refractivity contribution in [3.63, 3.8) is 0 Å². The summed E-state index contributed by atoms with van der Waals surface area (Å²) in [4.78, 5) is 11.4. The summed E-state index contributed by atoms with van der Waals surface area (Å²) in [5, 5.41) is 13.6. The molecule has 0 bridgehead atoms. The predicted octanol–water partition coefficient (Wildman–Crippen LogP) is 5.61. The van der Waals surface area contributed by atoms with E-state index in [1.165, 1.54) is 16.7 Å². The summed E-state index contributed by atoms with van der Waals surface area (Å²) in [7, 11) is 0. The third kappa shape index (κ3) is 3.37. The molecule has 1 N–H and O–H groups in total. The van der Waals surface area contributed by atoms with Gasteiger partial charge in [0.25, 0.3) is 0 Å². The Balaban J connectivity index is 1.54. The van der Waals surface area contributed by atoms with Gasteiger partial charge in [-0.05, 0) is 76.4 Å². The Morgan fingerprint density at radius 2 is 2.04 bits per heavy atom. The molecule has 0 spiro atoms. The molecular weight excluding hydrogens is 344 g/mol. The van der Waals surface area contributed by atoms with Crippen LogP contribution in [0.15, 0.2) is 59.3 Å². The lowest BCUT2D eigenvalue weighted by atomic mass is 9.86. The van der Waals surface area contributed by atoms with Crippen LogP contribution in [0.3, 0.4) is 0 Å². The van der Waals surface area contributed by atoms with Crippen molar-refractivity contribution in [3.05, 3.63) is 76.0 Å². The monoisotopic (exact) mass is 364 g/mol. The first kappa shape index (κ1) is 16.9. The fourth-order valence-electron chi connectivity index (χ4n) is 3.65. The van der Waals surface area contributed by atoms with Crippen molar-refractivity contribution < 1.29 is 14.6 Å². The zero-order valence-corrected chi connectivity index (χ0v) is 15.2. The third-order valence-electron chi connectivity index (χ3n) is 5.04. The van der Waals surface area contributed by atoms with Gasteiger partial charge in [0.15, 0.2) is 0 Å². The van der Waals surface area contributed by atoms with E-state index in [1.54, 1.807) is 23.5 Å². The Hall–Kier alpha value is -2.59. The van der Waals surface area contributed by atoms with E-state index < -0.39 is 5.97 Å². The van der Waals surface area contributed by atoms with E-state index in [9.17, 15) is 9.90 Å². The molecular formula is C22H20O3S. The van der Waals surface area contributed by atoms with Crippen molar-refractivity contribution in [2.75, 3.05) is 6.61 Å². The lowest BCUT2D eigenvalue weighted by Gasteiger charge is -2.26. The molecule has 0 aliphatic carbocycles. The molecule has 0 saturated heterocycles. The van der Waals surface area contributed by atoms with Crippen molar-refractivity contribution in [1.82, 2.24) is 0 Å². The average Bonchev–Trinajstić information content (AvgIpc) is 3.21. The van der Waals surface area contributed by atoms with Crippen LogP contribution in [0, 0.1) is 0 Å². The Bertz CT molecular complexity index is 915. The first-order chi connectivity index (χ1) is 12.7. The highest BCUT2D eigenvalue weighted by atomic mass is 32.1. The molecule has 4 heteroatoms. The number of thiophene rings is 1. The average molecular weight is 364 g/mol. The van der Waals surface area contributed by atoms with Crippen molar-refractivity contribution in [1.29, 1.82) is 0 Å².